The summed E-state index contributed by atoms with van der Waals surface area (Å²) in [7, 11) is 0. The minimum absolute atomic E-state index is 0.0187. The van der Waals surface area contributed by atoms with Gasteiger partial charge in [-0.25, -0.2) is 4.79 Å². The van der Waals surface area contributed by atoms with E-state index in [1.165, 1.54) is 0 Å². The number of piperidine rings is 2. The van der Waals surface area contributed by atoms with Crippen molar-refractivity contribution in [3.63, 3.8) is 0 Å². The van der Waals surface area contributed by atoms with Gasteiger partial charge in [0.05, 0.1) is 6.61 Å². The summed E-state index contributed by atoms with van der Waals surface area (Å²) in [4.78, 5) is 34.1. The standard InChI is InChI=1S/C22H30N2O4/c1-22(2,3)28-21(26)18-11-7-10-17-12-16-14-27-23(19(16)20(25)24(17)18)13-15-8-5-4-6-9-15/h4-6,8-9,16-19H,7,10-14H2,1-3H3. The molecule has 0 saturated carbocycles. The molecule has 6 nitrogen and oxygen atoms in total. The van der Waals surface area contributed by atoms with Crippen molar-refractivity contribution in [3.05, 3.63) is 35.9 Å². The van der Waals surface area contributed by atoms with Crippen molar-refractivity contribution in [1.82, 2.24) is 9.96 Å². The van der Waals surface area contributed by atoms with Crippen molar-refractivity contribution in [2.45, 2.75) is 76.7 Å². The molecule has 1 amide bonds. The van der Waals surface area contributed by atoms with Crippen LogP contribution >= 0.6 is 0 Å². The largest absolute Gasteiger partial charge is 0.458 e. The SMILES string of the molecule is CC(C)(C)OC(=O)C1CCCC2CC3CON(Cc4ccccc4)C3C(=O)N21. The molecule has 0 aromatic heterocycles. The van der Waals surface area contributed by atoms with E-state index >= 15 is 0 Å². The number of nitrogens with zero attached hydrogens (tertiary/aromatic N) is 2. The van der Waals surface area contributed by atoms with Crippen LogP contribution in [0.2, 0.25) is 0 Å². The Morgan fingerprint density at radius 2 is 1.96 bits per heavy atom. The zero-order chi connectivity index (χ0) is 19.9. The van der Waals surface area contributed by atoms with Crippen LogP contribution in [0.1, 0.15) is 52.0 Å². The van der Waals surface area contributed by atoms with E-state index in [0.29, 0.717) is 19.6 Å². The minimum Gasteiger partial charge on any atom is -0.458 e. The van der Waals surface area contributed by atoms with Gasteiger partial charge in [0.1, 0.15) is 17.7 Å². The molecule has 4 rings (SSSR count). The third-order valence-corrected chi connectivity index (χ3v) is 5.90. The number of hydrogen-bond donors (Lipinski definition) is 0. The van der Waals surface area contributed by atoms with Gasteiger partial charge in [-0.3, -0.25) is 9.63 Å². The molecule has 152 valence electrons. The summed E-state index contributed by atoms with van der Waals surface area (Å²) in [6.45, 7) is 6.75. The Balaban J connectivity index is 1.54. The van der Waals surface area contributed by atoms with Crippen LogP contribution in [0.25, 0.3) is 0 Å². The summed E-state index contributed by atoms with van der Waals surface area (Å²) < 4.78 is 5.63. The number of amides is 1. The number of esters is 1. The maximum absolute atomic E-state index is 13.5. The zero-order valence-corrected chi connectivity index (χ0v) is 17.0. The van der Waals surface area contributed by atoms with Crippen LogP contribution < -0.4 is 0 Å². The lowest BCUT2D eigenvalue weighted by atomic mass is 9.81. The van der Waals surface area contributed by atoms with Gasteiger partial charge < -0.3 is 9.64 Å². The minimum atomic E-state index is -0.554. The first-order chi connectivity index (χ1) is 13.3. The molecule has 3 fully saturated rings. The van der Waals surface area contributed by atoms with E-state index in [4.69, 9.17) is 9.57 Å². The third kappa shape index (κ3) is 3.80. The highest BCUT2D eigenvalue weighted by molar-refractivity contribution is 5.89. The molecule has 1 aromatic carbocycles. The molecule has 6 heteroatoms. The first-order valence-electron chi connectivity index (χ1n) is 10.3. The maximum atomic E-state index is 13.5. The van der Waals surface area contributed by atoms with Crippen molar-refractivity contribution in [1.29, 1.82) is 0 Å². The fourth-order valence-corrected chi connectivity index (χ4v) is 4.78. The third-order valence-electron chi connectivity index (χ3n) is 5.90. The Bertz CT molecular complexity index is 730. The van der Waals surface area contributed by atoms with Crippen LogP contribution in [0.5, 0.6) is 0 Å². The van der Waals surface area contributed by atoms with Gasteiger partial charge in [0.15, 0.2) is 0 Å². The second kappa shape index (κ2) is 7.48. The van der Waals surface area contributed by atoms with E-state index in [1.54, 1.807) is 0 Å². The highest BCUT2D eigenvalue weighted by Gasteiger charge is 2.53. The number of fused-ring (bicyclic) bond motifs is 2. The molecule has 3 aliphatic heterocycles. The van der Waals surface area contributed by atoms with E-state index in [0.717, 1.165) is 24.8 Å². The summed E-state index contributed by atoms with van der Waals surface area (Å²) in [6, 6.07) is 9.35. The van der Waals surface area contributed by atoms with Crippen LogP contribution in [0, 0.1) is 5.92 Å². The van der Waals surface area contributed by atoms with Crippen molar-refractivity contribution in [2.75, 3.05) is 6.61 Å². The van der Waals surface area contributed by atoms with Gasteiger partial charge in [-0.2, -0.15) is 5.06 Å². The van der Waals surface area contributed by atoms with Gasteiger partial charge in [0.25, 0.3) is 0 Å². The van der Waals surface area contributed by atoms with Gasteiger partial charge in [-0.05, 0) is 52.0 Å². The van der Waals surface area contributed by atoms with E-state index in [2.05, 4.69) is 0 Å². The highest BCUT2D eigenvalue weighted by Crippen LogP contribution is 2.40. The number of carbonyl (C=O) groups is 2. The molecule has 0 bridgehead atoms. The fraction of sp³-hybridized carbons (Fsp3) is 0.636. The topological polar surface area (TPSA) is 59.1 Å². The number of benzene rings is 1. The summed E-state index contributed by atoms with van der Waals surface area (Å²) in [5.74, 6) is -0.0717. The van der Waals surface area contributed by atoms with Crippen molar-refractivity contribution in [2.24, 2.45) is 5.92 Å². The zero-order valence-electron chi connectivity index (χ0n) is 17.0. The average molecular weight is 386 g/mol. The number of rotatable bonds is 3. The predicted octanol–water partition coefficient (Wildman–Crippen LogP) is 2.91. The quantitative estimate of drug-likeness (QED) is 0.748. The average Bonchev–Trinajstić information content (AvgIpc) is 3.03. The number of carbonyl (C=O) groups excluding carboxylic acids is 2. The van der Waals surface area contributed by atoms with Gasteiger partial charge in [-0.1, -0.05) is 30.3 Å². The molecular weight excluding hydrogens is 356 g/mol. The second-order valence-electron chi connectivity index (χ2n) is 9.18. The van der Waals surface area contributed by atoms with E-state index in [1.807, 2.05) is 61.1 Å². The Hall–Kier alpha value is -1.92. The lowest BCUT2D eigenvalue weighted by molar-refractivity contribution is -0.181. The van der Waals surface area contributed by atoms with E-state index < -0.39 is 11.6 Å². The van der Waals surface area contributed by atoms with Crippen molar-refractivity contribution >= 4 is 11.9 Å². The van der Waals surface area contributed by atoms with Crippen LogP contribution in [0.4, 0.5) is 0 Å². The number of hydroxylamine groups is 2. The lowest BCUT2D eigenvalue weighted by Gasteiger charge is -2.48. The lowest BCUT2D eigenvalue weighted by Crippen LogP contribution is -2.63. The normalized spacial score (nSPS) is 30.7. The maximum Gasteiger partial charge on any atom is 0.329 e. The van der Waals surface area contributed by atoms with Crippen LogP contribution in [0.3, 0.4) is 0 Å². The van der Waals surface area contributed by atoms with E-state index in [9.17, 15) is 9.59 Å². The summed E-state index contributed by atoms with van der Waals surface area (Å²) in [5, 5.41) is 1.82. The predicted molar refractivity (Wildman–Crippen MR) is 104 cm³/mol. The van der Waals surface area contributed by atoms with Gasteiger partial charge in [0.2, 0.25) is 5.91 Å². The summed E-state index contributed by atoms with van der Waals surface area (Å²) in [5.41, 5.74) is 0.557. The van der Waals surface area contributed by atoms with Crippen LogP contribution in [0.15, 0.2) is 30.3 Å². The van der Waals surface area contributed by atoms with Gasteiger partial charge >= 0.3 is 5.97 Å². The Morgan fingerprint density at radius 3 is 2.68 bits per heavy atom. The molecule has 4 unspecified atom stereocenters. The van der Waals surface area contributed by atoms with Gasteiger partial charge in [-0.15, -0.1) is 0 Å². The molecule has 4 atom stereocenters. The molecule has 1 aromatic rings. The monoisotopic (exact) mass is 386 g/mol. The Labute approximate surface area is 166 Å². The first-order valence-corrected chi connectivity index (χ1v) is 10.3. The van der Waals surface area contributed by atoms with Crippen molar-refractivity contribution < 1.29 is 19.2 Å². The Morgan fingerprint density at radius 1 is 1.21 bits per heavy atom. The van der Waals surface area contributed by atoms with Crippen molar-refractivity contribution in [3.8, 4) is 0 Å². The molecule has 0 radical (unpaired) electrons. The molecular formula is C22H30N2O4. The molecule has 28 heavy (non-hydrogen) atoms. The highest BCUT2D eigenvalue weighted by atomic mass is 16.7. The molecule has 0 N–H and O–H groups in total. The Kier molecular flexibility index (Phi) is 5.19. The molecule has 3 heterocycles. The fourth-order valence-electron chi connectivity index (χ4n) is 4.78. The molecule has 0 aliphatic carbocycles. The molecule has 3 saturated heterocycles. The summed E-state index contributed by atoms with van der Waals surface area (Å²) in [6.07, 6.45) is 3.46. The number of ether oxygens (including phenoxy) is 1. The van der Waals surface area contributed by atoms with Gasteiger partial charge in [0, 0.05) is 18.5 Å². The molecule has 3 aliphatic rings. The first kappa shape index (κ1) is 19.4. The van der Waals surface area contributed by atoms with Crippen LogP contribution in [-0.4, -0.2) is 52.2 Å². The summed E-state index contributed by atoms with van der Waals surface area (Å²) >= 11 is 0. The van der Waals surface area contributed by atoms with E-state index in [-0.39, 0.29) is 29.9 Å². The number of hydrogen-bond acceptors (Lipinski definition) is 5. The smallest absolute Gasteiger partial charge is 0.329 e. The second-order valence-corrected chi connectivity index (χ2v) is 9.18. The molecule has 0 spiro atoms. The van der Waals surface area contributed by atoms with Crippen LogP contribution in [-0.2, 0) is 25.7 Å².